The maximum absolute atomic E-state index is 4.49. The van der Waals surface area contributed by atoms with Crippen molar-refractivity contribution < 1.29 is 0 Å². The number of aromatic nitrogens is 1. The van der Waals surface area contributed by atoms with Gasteiger partial charge in [-0.3, -0.25) is 4.98 Å². The molecule has 0 unspecified atom stereocenters. The molecule has 2 aromatic rings. The van der Waals surface area contributed by atoms with Crippen LogP contribution >= 0.6 is 0 Å². The minimum Gasteiger partial charge on any atom is -0.256 e. The van der Waals surface area contributed by atoms with Crippen LogP contribution in [0.4, 0.5) is 0 Å². The molecule has 0 N–H and O–H groups in total. The van der Waals surface area contributed by atoms with Gasteiger partial charge in [0.15, 0.2) is 0 Å². The van der Waals surface area contributed by atoms with Gasteiger partial charge in [-0.2, -0.15) is 0 Å². The van der Waals surface area contributed by atoms with Gasteiger partial charge in [0.05, 0.1) is 5.52 Å². The van der Waals surface area contributed by atoms with Crippen molar-refractivity contribution in [3.8, 4) is 0 Å². The van der Waals surface area contributed by atoms with Crippen LogP contribution in [0.25, 0.3) is 17.0 Å². The van der Waals surface area contributed by atoms with Crippen molar-refractivity contribution >= 4 is 17.0 Å². The Bertz CT molecular complexity index is 606. The zero-order valence-electron chi connectivity index (χ0n) is 10.6. The second-order valence-electron chi connectivity index (χ2n) is 4.28. The summed E-state index contributed by atoms with van der Waals surface area (Å²) < 4.78 is 0. The average molecular weight is 223 g/mol. The SMILES string of the molecule is C=C/C=C\c1c(C)c(C)c2cccnc2c1C. The number of nitrogens with zero attached hydrogens (tertiary/aromatic N) is 1. The van der Waals surface area contributed by atoms with Crippen molar-refractivity contribution in [3.05, 3.63) is 59.3 Å². The fourth-order valence-electron chi connectivity index (χ4n) is 2.23. The van der Waals surface area contributed by atoms with Crippen molar-refractivity contribution in [1.29, 1.82) is 0 Å². The standard InChI is InChI=1S/C16H17N/c1-5-6-8-14-11(2)12(3)15-9-7-10-17-16(15)13(14)4/h5-10H,1H2,2-4H3/b8-6-. The summed E-state index contributed by atoms with van der Waals surface area (Å²) in [5, 5.41) is 1.25. The molecule has 1 aromatic carbocycles. The van der Waals surface area contributed by atoms with Gasteiger partial charge in [0, 0.05) is 11.6 Å². The van der Waals surface area contributed by atoms with Gasteiger partial charge >= 0.3 is 0 Å². The van der Waals surface area contributed by atoms with E-state index >= 15 is 0 Å². The first kappa shape index (κ1) is 11.6. The van der Waals surface area contributed by atoms with Crippen LogP contribution in [0.1, 0.15) is 22.3 Å². The summed E-state index contributed by atoms with van der Waals surface area (Å²) in [6, 6.07) is 4.13. The topological polar surface area (TPSA) is 12.9 Å². The van der Waals surface area contributed by atoms with Crippen molar-refractivity contribution in [2.75, 3.05) is 0 Å². The number of hydrogen-bond acceptors (Lipinski definition) is 1. The number of hydrogen-bond donors (Lipinski definition) is 0. The lowest BCUT2D eigenvalue weighted by Gasteiger charge is -2.13. The van der Waals surface area contributed by atoms with Gasteiger partial charge in [0.2, 0.25) is 0 Å². The summed E-state index contributed by atoms with van der Waals surface area (Å²) in [6.45, 7) is 10.2. The Morgan fingerprint density at radius 3 is 2.59 bits per heavy atom. The van der Waals surface area contributed by atoms with E-state index in [1.165, 1.54) is 27.6 Å². The third kappa shape index (κ3) is 1.89. The zero-order valence-corrected chi connectivity index (χ0v) is 10.6. The molecule has 0 aliphatic rings. The minimum absolute atomic E-state index is 1.10. The molecule has 1 nitrogen and oxygen atoms in total. The van der Waals surface area contributed by atoms with E-state index in [0.29, 0.717) is 0 Å². The van der Waals surface area contributed by atoms with Crippen LogP contribution in [0, 0.1) is 20.8 Å². The summed E-state index contributed by atoms with van der Waals surface area (Å²) in [5.41, 5.74) is 6.22. The summed E-state index contributed by atoms with van der Waals surface area (Å²) >= 11 is 0. The van der Waals surface area contributed by atoms with Crippen LogP contribution in [0.2, 0.25) is 0 Å². The first-order valence-corrected chi connectivity index (χ1v) is 5.80. The van der Waals surface area contributed by atoms with Crippen LogP contribution in [0.3, 0.4) is 0 Å². The second-order valence-corrected chi connectivity index (χ2v) is 4.28. The van der Waals surface area contributed by atoms with Gasteiger partial charge in [-0.15, -0.1) is 0 Å². The highest BCUT2D eigenvalue weighted by Crippen LogP contribution is 2.28. The molecule has 1 heterocycles. The highest BCUT2D eigenvalue weighted by molar-refractivity contribution is 5.89. The molecule has 0 aliphatic heterocycles. The Kier molecular flexibility index (Phi) is 3.10. The third-order valence-corrected chi connectivity index (χ3v) is 3.34. The van der Waals surface area contributed by atoms with Crippen LogP contribution < -0.4 is 0 Å². The van der Waals surface area contributed by atoms with Crippen LogP contribution in [-0.4, -0.2) is 4.98 Å². The third-order valence-electron chi connectivity index (χ3n) is 3.34. The average Bonchev–Trinajstić information content (AvgIpc) is 2.36. The number of pyridine rings is 1. The molecule has 1 heteroatoms. The van der Waals surface area contributed by atoms with Crippen molar-refractivity contribution in [1.82, 2.24) is 4.98 Å². The lowest BCUT2D eigenvalue weighted by atomic mass is 9.93. The van der Waals surface area contributed by atoms with E-state index in [0.717, 1.165) is 5.52 Å². The van der Waals surface area contributed by atoms with Crippen LogP contribution in [-0.2, 0) is 0 Å². The van der Waals surface area contributed by atoms with Crippen molar-refractivity contribution in [2.45, 2.75) is 20.8 Å². The van der Waals surface area contributed by atoms with Gasteiger partial charge in [-0.05, 0) is 49.1 Å². The highest BCUT2D eigenvalue weighted by Gasteiger charge is 2.09. The van der Waals surface area contributed by atoms with E-state index in [1.54, 1.807) is 6.08 Å². The molecule has 0 aliphatic carbocycles. The fourth-order valence-corrected chi connectivity index (χ4v) is 2.23. The molecule has 0 radical (unpaired) electrons. The maximum atomic E-state index is 4.49. The highest BCUT2D eigenvalue weighted by atomic mass is 14.6. The summed E-state index contributed by atoms with van der Waals surface area (Å²) in [6.07, 6.45) is 7.74. The number of rotatable bonds is 2. The first-order valence-electron chi connectivity index (χ1n) is 5.80. The molecule has 0 amide bonds. The number of allylic oxidation sites excluding steroid dienone is 2. The largest absolute Gasteiger partial charge is 0.256 e. The van der Waals surface area contributed by atoms with Crippen molar-refractivity contribution in [2.24, 2.45) is 0 Å². The Hall–Kier alpha value is -1.89. The van der Waals surface area contributed by atoms with E-state index < -0.39 is 0 Å². The second kappa shape index (κ2) is 4.54. The molecule has 1 aromatic heterocycles. The van der Waals surface area contributed by atoms with E-state index in [1.807, 2.05) is 18.3 Å². The Balaban J connectivity index is 2.86. The molecule has 0 fully saturated rings. The van der Waals surface area contributed by atoms with Gasteiger partial charge in [0.25, 0.3) is 0 Å². The lowest BCUT2D eigenvalue weighted by Crippen LogP contribution is -1.95. The van der Waals surface area contributed by atoms with E-state index in [-0.39, 0.29) is 0 Å². The summed E-state index contributed by atoms with van der Waals surface area (Å²) in [5.74, 6) is 0. The smallest absolute Gasteiger partial charge is 0.0739 e. The van der Waals surface area contributed by atoms with Gasteiger partial charge in [0.1, 0.15) is 0 Å². The predicted octanol–water partition coefficient (Wildman–Crippen LogP) is 4.36. The van der Waals surface area contributed by atoms with E-state index in [2.05, 4.69) is 44.5 Å². The molecule has 86 valence electrons. The lowest BCUT2D eigenvalue weighted by molar-refractivity contribution is 1.28. The Morgan fingerprint density at radius 1 is 1.12 bits per heavy atom. The van der Waals surface area contributed by atoms with E-state index in [9.17, 15) is 0 Å². The maximum Gasteiger partial charge on any atom is 0.0739 e. The van der Waals surface area contributed by atoms with Gasteiger partial charge < -0.3 is 0 Å². The van der Waals surface area contributed by atoms with E-state index in [4.69, 9.17) is 0 Å². The number of fused-ring (bicyclic) bond motifs is 1. The molecule has 0 saturated heterocycles. The molecule has 0 atom stereocenters. The Morgan fingerprint density at radius 2 is 1.88 bits per heavy atom. The molecular formula is C16H17N. The van der Waals surface area contributed by atoms with Gasteiger partial charge in [-0.25, -0.2) is 0 Å². The van der Waals surface area contributed by atoms with Gasteiger partial charge in [-0.1, -0.05) is 30.9 Å². The normalized spacial score (nSPS) is 11.2. The summed E-state index contributed by atoms with van der Waals surface area (Å²) in [7, 11) is 0. The summed E-state index contributed by atoms with van der Waals surface area (Å²) in [4.78, 5) is 4.49. The zero-order chi connectivity index (χ0) is 12.4. The number of benzene rings is 1. The molecule has 2 rings (SSSR count). The fraction of sp³-hybridized carbons (Fsp3) is 0.188. The molecular weight excluding hydrogens is 206 g/mol. The van der Waals surface area contributed by atoms with Crippen LogP contribution in [0.5, 0.6) is 0 Å². The quantitative estimate of drug-likeness (QED) is 0.689. The van der Waals surface area contributed by atoms with Crippen LogP contribution in [0.15, 0.2) is 37.1 Å². The monoisotopic (exact) mass is 223 g/mol. The minimum atomic E-state index is 1.10. The van der Waals surface area contributed by atoms with Crippen molar-refractivity contribution in [3.63, 3.8) is 0 Å². The molecule has 0 spiro atoms. The molecule has 17 heavy (non-hydrogen) atoms. The predicted molar refractivity (Wildman–Crippen MR) is 75.2 cm³/mol. The molecule has 0 saturated carbocycles. The first-order chi connectivity index (χ1) is 8.16. The Labute approximate surface area is 103 Å². The number of aryl methyl sites for hydroxylation is 2. The molecule has 0 bridgehead atoms.